The maximum Gasteiger partial charge on any atom is 0.416 e. The highest BCUT2D eigenvalue weighted by molar-refractivity contribution is 5.96. The molecule has 2 fully saturated rings. The number of hydrogen-bond donors (Lipinski definition) is 1. The average Bonchev–Trinajstić information content (AvgIpc) is 3.96. The van der Waals surface area contributed by atoms with Crippen LogP contribution in [0.15, 0.2) is 48.8 Å². The van der Waals surface area contributed by atoms with Gasteiger partial charge in [-0.1, -0.05) is 0 Å². The zero-order valence-electron chi connectivity index (χ0n) is 30.5. The van der Waals surface area contributed by atoms with Crippen molar-refractivity contribution in [3.63, 3.8) is 0 Å². The van der Waals surface area contributed by atoms with E-state index in [4.69, 9.17) is 19.4 Å². The molecule has 4 bridgehead atoms. The SMILES string of the molecule is CCO[C@H]1CN(C)C(=O)[C@@H]2C[C@@H](CN2c2nc(N3CCOC3=O)nc3c2cnn3-c2ccc(F)cc2F)Nc2nccc(n2)-c2cc(F)cc3nc(C)n(c23)C1. The number of imidazole rings is 1. The number of anilines is 3. The second kappa shape index (κ2) is 13.7. The highest BCUT2D eigenvalue weighted by atomic mass is 19.1. The first kappa shape index (κ1) is 35.3. The first-order valence-corrected chi connectivity index (χ1v) is 18.1. The molecule has 2 saturated heterocycles. The highest BCUT2D eigenvalue weighted by Gasteiger charge is 2.42. The van der Waals surface area contributed by atoms with E-state index in [2.05, 4.69) is 25.4 Å². The van der Waals surface area contributed by atoms with Gasteiger partial charge in [0.25, 0.3) is 0 Å². The fourth-order valence-electron chi connectivity index (χ4n) is 7.82. The normalized spacial score (nSPS) is 20.1. The molecule has 4 aromatic heterocycles. The Morgan fingerprint density at radius 1 is 1.00 bits per heavy atom. The monoisotopic (exact) mass is 768 g/mol. The number of likely N-dealkylation sites (N-methyl/N-ethyl adjacent to an activating group) is 1. The summed E-state index contributed by atoms with van der Waals surface area (Å²) in [7, 11) is 1.70. The summed E-state index contributed by atoms with van der Waals surface area (Å²) in [6, 6.07) is 6.36. The molecule has 19 heteroatoms. The van der Waals surface area contributed by atoms with Crippen LogP contribution >= 0.6 is 0 Å². The highest BCUT2D eigenvalue weighted by Crippen LogP contribution is 2.36. The van der Waals surface area contributed by atoms with Gasteiger partial charge in [-0.2, -0.15) is 15.1 Å². The third kappa shape index (κ3) is 6.07. The Kier molecular flexibility index (Phi) is 8.67. The molecule has 56 heavy (non-hydrogen) atoms. The molecule has 2 amide bonds. The van der Waals surface area contributed by atoms with Crippen molar-refractivity contribution in [2.45, 2.75) is 45.0 Å². The summed E-state index contributed by atoms with van der Waals surface area (Å²) in [5.41, 5.74) is 2.18. The third-order valence-electron chi connectivity index (χ3n) is 10.3. The lowest BCUT2D eigenvalue weighted by molar-refractivity contribution is -0.133. The fraction of sp³-hybridized carbons (Fsp3) is 0.351. The molecule has 3 aliphatic heterocycles. The summed E-state index contributed by atoms with van der Waals surface area (Å²) in [5.74, 6) is -1.25. The minimum absolute atomic E-state index is 0.0438. The van der Waals surface area contributed by atoms with Gasteiger partial charge in [-0.25, -0.2) is 42.5 Å². The Morgan fingerprint density at radius 3 is 2.64 bits per heavy atom. The molecule has 6 aromatic rings. The first-order valence-electron chi connectivity index (χ1n) is 18.1. The predicted octanol–water partition coefficient (Wildman–Crippen LogP) is 4.24. The second-order valence-corrected chi connectivity index (χ2v) is 13.9. The Balaban J connectivity index is 1.18. The van der Waals surface area contributed by atoms with Crippen LogP contribution in [0.2, 0.25) is 0 Å². The quantitative estimate of drug-likeness (QED) is 0.266. The standard InChI is InChI=1S/C37H35F3N12O4/c1-4-55-23-17-48(3)34(53)30-14-22(44-35-41-8-7-27(45-35)24-11-21(39)13-28-31(24)50(18-23)19(2)43-28)16-51(30)32-25-15-42-52(29-6-5-20(38)12-26(29)40)33(25)47-36(46-32)49-9-10-56-37(49)54/h5-8,11-13,15,22-23,30H,4,9-10,14,16-18H2,1-3H3,(H,41,44,45)/t22-,23-,30-/m0/s1. The lowest BCUT2D eigenvalue weighted by Crippen LogP contribution is -2.47. The number of ether oxygens (including phenoxy) is 2. The number of cyclic esters (lactones) is 1. The third-order valence-corrected chi connectivity index (χ3v) is 10.3. The van der Waals surface area contributed by atoms with E-state index in [0.29, 0.717) is 46.7 Å². The number of hydrogen-bond acceptors (Lipinski definition) is 12. The predicted molar refractivity (Wildman–Crippen MR) is 197 cm³/mol. The van der Waals surface area contributed by atoms with Crippen LogP contribution in [0.1, 0.15) is 19.2 Å². The van der Waals surface area contributed by atoms with Crippen molar-refractivity contribution in [1.29, 1.82) is 0 Å². The maximum absolute atomic E-state index is 15.2. The molecule has 0 spiro atoms. The van der Waals surface area contributed by atoms with Gasteiger partial charge in [-0.3, -0.25) is 4.79 Å². The number of carbonyl (C=O) groups excluding carboxylic acids is 2. The van der Waals surface area contributed by atoms with Crippen LogP contribution in [-0.4, -0.2) is 114 Å². The molecule has 3 aliphatic rings. The first-order chi connectivity index (χ1) is 27.1. The van der Waals surface area contributed by atoms with Gasteiger partial charge in [-0.05, 0) is 44.5 Å². The molecule has 7 heterocycles. The summed E-state index contributed by atoms with van der Waals surface area (Å²) in [6.07, 6.45) is 2.14. The zero-order chi connectivity index (χ0) is 38.8. The van der Waals surface area contributed by atoms with Crippen LogP contribution in [0.4, 0.5) is 35.7 Å². The van der Waals surface area contributed by atoms with Crippen molar-refractivity contribution in [2.75, 3.05) is 55.0 Å². The van der Waals surface area contributed by atoms with Crippen LogP contribution < -0.4 is 15.1 Å². The molecule has 1 N–H and O–H groups in total. The molecule has 3 atom stereocenters. The van der Waals surface area contributed by atoms with Gasteiger partial charge >= 0.3 is 6.09 Å². The second-order valence-electron chi connectivity index (χ2n) is 13.9. The number of nitrogens with one attached hydrogen (secondary N) is 1. The lowest BCUT2D eigenvalue weighted by atomic mass is 10.1. The Morgan fingerprint density at radius 2 is 1.86 bits per heavy atom. The van der Waals surface area contributed by atoms with E-state index in [1.165, 1.54) is 34.0 Å². The molecule has 0 saturated carbocycles. The number of carbonyl (C=O) groups is 2. The van der Waals surface area contributed by atoms with Crippen LogP contribution in [0.5, 0.6) is 0 Å². The molecule has 0 radical (unpaired) electrons. The van der Waals surface area contributed by atoms with Crippen LogP contribution in [0.3, 0.4) is 0 Å². The van der Waals surface area contributed by atoms with Crippen molar-refractivity contribution >= 4 is 51.8 Å². The maximum atomic E-state index is 15.2. The van der Waals surface area contributed by atoms with E-state index in [-0.39, 0.29) is 67.6 Å². The number of amides is 2. The van der Waals surface area contributed by atoms with E-state index >= 15 is 8.78 Å². The summed E-state index contributed by atoms with van der Waals surface area (Å²) >= 11 is 0. The van der Waals surface area contributed by atoms with E-state index in [1.54, 1.807) is 29.1 Å². The Labute approximate surface area is 316 Å². The number of halogens is 3. The van der Waals surface area contributed by atoms with E-state index in [9.17, 15) is 14.0 Å². The molecule has 0 unspecified atom stereocenters. The molecule has 9 rings (SSSR count). The number of fused-ring (bicyclic) bond motifs is 6. The van der Waals surface area contributed by atoms with E-state index in [0.717, 1.165) is 12.1 Å². The van der Waals surface area contributed by atoms with E-state index in [1.807, 2.05) is 18.4 Å². The summed E-state index contributed by atoms with van der Waals surface area (Å²) < 4.78 is 58.8. The number of aromatic nitrogens is 8. The van der Waals surface area contributed by atoms with Gasteiger partial charge in [0.15, 0.2) is 11.5 Å². The molecule has 288 valence electrons. The van der Waals surface area contributed by atoms with Gasteiger partial charge in [-0.15, -0.1) is 0 Å². The van der Waals surface area contributed by atoms with Gasteiger partial charge in [0.2, 0.25) is 17.8 Å². The number of aryl methyl sites for hydroxylation is 1. The molecular weight excluding hydrogens is 733 g/mol. The van der Waals surface area contributed by atoms with Gasteiger partial charge in [0.05, 0.1) is 47.5 Å². The zero-order valence-corrected chi connectivity index (χ0v) is 30.5. The van der Waals surface area contributed by atoms with Crippen LogP contribution in [-0.2, 0) is 20.8 Å². The molecule has 16 nitrogen and oxygen atoms in total. The van der Waals surface area contributed by atoms with Crippen LogP contribution in [0, 0.1) is 24.4 Å². The van der Waals surface area contributed by atoms with E-state index < -0.39 is 41.7 Å². The lowest BCUT2D eigenvalue weighted by Gasteiger charge is -2.31. The summed E-state index contributed by atoms with van der Waals surface area (Å²) in [4.78, 5) is 55.6. The van der Waals surface area contributed by atoms with Crippen molar-refractivity contribution < 1.29 is 32.2 Å². The van der Waals surface area contributed by atoms with Gasteiger partial charge in [0.1, 0.15) is 41.6 Å². The fourth-order valence-corrected chi connectivity index (χ4v) is 7.82. The minimum atomic E-state index is -0.881. The van der Waals surface area contributed by atoms with Crippen molar-refractivity contribution in [2.24, 2.45) is 0 Å². The Hall–Kier alpha value is -6.37. The molecular formula is C37H35F3N12O4. The minimum Gasteiger partial charge on any atom is -0.447 e. The van der Waals surface area contributed by atoms with Crippen molar-refractivity contribution in [1.82, 2.24) is 44.2 Å². The number of rotatable bonds is 5. The number of benzene rings is 2. The van der Waals surface area contributed by atoms with Crippen molar-refractivity contribution in [3.8, 4) is 16.9 Å². The summed E-state index contributed by atoms with van der Waals surface area (Å²) in [5, 5.41) is 8.15. The largest absolute Gasteiger partial charge is 0.447 e. The smallest absolute Gasteiger partial charge is 0.416 e. The van der Waals surface area contributed by atoms with Gasteiger partial charge in [0, 0.05) is 56.7 Å². The topological polar surface area (TPSA) is 162 Å². The van der Waals surface area contributed by atoms with Crippen molar-refractivity contribution in [3.05, 3.63) is 72.1 Å². The average molecular weight is 769 g/mol. The Bertz CT molecular complexity index is 2550. The number of nitrogens with zero attached hydrogens (tertiary/aromatic N) is 11. The van der Waals surface area contributed by atoms with Gasteiger partial charge < -0.3 is 29.2 Å². The molecule has 2 aromatic carbocycles. The summed E-state index contributed by atoms with van der Waals surface area (Å²) in [6.45, 7) is 5.05. The van der Waals surface area contributed by atoms with Crippen LogP contribution in [0.25, 0.3) is 39.0 Å². The molecule has 0 aliphatic carbocycles.